The largest absolute Gasteiger partial charge is 0.508 e. The van der Waals surface area contributed by atoms with Crippen LogP contribution in [0.5, 0.6) is 46.0 Å². The van der Waals surface area contributed by atoms with Gasteiger partial charge in [0.15, 0.2) is 29.9 Å². The zero-order valence-electron chi connectivity index (χ0n) is 70.8. The molecule has 41 nitrogen and oxygen atoms in total. The third-order valence-electron chi connectivity index (χ3n) is 23.4. The number of aromatic hydroxyl groups is 3. The summed E-state index contributed by atoms with van der Waals surface area (Å²) in [6.07, 6.45) is -20.0. The van der Waals surface area contributed by atoms with Crippen molar-refractivity contribution in [2.24, 2.45) is 23.3 Å². The number of nitrogens with two attached hydrogens (primary N) is 2. The van der Waals surface area contributed by atoms with Gasteiger partial charge in [0.05, 0.1) is 59.5 Å². The molecule has 11 bridgehead atoms. The lowest BCUT2D eigenvalue weighted by molar-refractivity contribution is -0.333. The van der Waals surface area contributed by atoms with Crippen molar-refractivity contribution in [1.29, 1.82) is 0 Å². The van der Waals surface area contributed by atoms with Crippen molar-refractivity contribution in [1.82, 2.24) is 47.4 Å². The number of aliphatic hydroxyl groups is 10. The number of thioether (sulfide) groups is 1. The second-order valence-corrected chi connectivity index (χ2v) is 35.3. The molecule has 5 aromatic rings. The van der Waals surface area contributed by atoms with Crippen LogP contribution in [0.2, 0.25) is 10.0 Å². The average Bonchev–Trinajstić information content (AvgIpc) is 0.963. The number of nitrogens with zero attached hydrogens (tertiary/aromatic N) is 1. The number of amides is 8. The Bertz CT molecular complexity index is 4930. The molecule has 0 spiro atoms. The maximum Gasteiger partial charge on any atom is 0.330 e. The number of halogens is 2. The summed E-state index contributed by atoms with van der Waals surface area (Å²) < 4.78 is 44.0. The Balaban J connectivity index is 0.000000500. The van der Waals surface area contributed by atoms with Crippen LogP contribution in [0.4, 0.5) is 0 Å². The van der Waals surface area contributed by atoms with E-state index in [2.05, 4.69) is 49.5 Å². The number of fused-ring (bicyclic) bond motifs is 15. The minimum absolute atomic E-state index is 0.0975. The summed E-state index contributed by atoms with van der Waals surface area (Å²) in [5, 5.41) is 174. The van der Waals surface area contributed by atoms with Gasteiger partial charge in [-0.15, -0.1) is 11.8 Å². The number of hydrogen-bond acceptors (Lipinski definition) is 33. The van der Waals surface area contributed by atoms with E-state index in [1.54, 1.807) is 6.26 Å². The van der Waals surface area contributed by atoms with Gasteiger partial charge in [0.1, 0.15) is 119 Å². The number of likely N-dealkylation sites (tertiary alicyclic amines) is 1. The Morgan fingerprint density at radius 3 is 1.91 bits per heavy atom. The maximum atomic E-state index is 16.0. The molecule has 26 N–H and O–H groups in total. The molecule has 27 atom stereocenters. The molecule has 700 valence electrons. The highest BCUT2D eigenvalue weighted by Gasteiger charge is 2.53. The topological polar surface area (TPSA) is 653 Å². The number of carboxylic acids is 1. The molecule has 0 aliphatic carbocycles. The van der Waals surface area contributed by atoms with Gasteiger partial charge in [-0.2, -0.15) is 0 Å². The molecule has 1 unspecified atom stereocenters. The van der Waals surface area contributed by atoms with Crippen molar-refractivity contribution in [3.05, 3.63) is 117 Å². The summed E-state index contributed by atoms with van der Waals surface area (Å²) in [6.45, 7) is 10.1. The normalized spacial score (nSPS) is 31.6. The summed E-state index contributed by atoms with van der Waals surface area (Å²) in [5.41, 5.74) is 7.25. The number of phenolic OH excluding ortho intramolecular Hbond substituents is 3. The molecule has 14 rings (SSSR count). The van der Waals surface area contributed by atoms with Gasteiger partial charge in [-0.3, -0.25) is 43.3 Å². The van der Waals surface area contributed by atoms with Crippen LogP contribution >= 0.6 is 35.0 Å². The lowest BCUT2D eigenvalue weighted by atomic mass is 9.86. The number of aliphatic carboxylic acids is 1. The molecular weight excluding hydrogens is 1750 g/mol. The first-order valence-electron chi connectivity index (χ1n) is 41.2. The zero-order valence-corrected chi connectivity index (χ0v) is 73.1. The van der Waals surface area contributed by atoms with E-state index in [1.807, 2.05) is 25.8 Å². The van der Waals surface area contributed by atoms with Gasteiger partial charge in [0.2, 0.25) is 59.3 Å². The Morgan fingerprint density at radius 1 is 0.719 bits per heavy atom. The number of ether oxygens (including phenoxy) is 7. The van der Waals surface area contributed by atoms with Crippen LogP contribution in [0, 0.1) is 11.8 Å². The van der Waals surface area contributed by atoms with Gasteiger partial charge < -0.3 is 159 Å². The number of carboxylic acid groups (broad SMARTS) is 1. The van der Waals surface area contributed by atoms with Crippen LogP contribution in [0.15, 0.2) is 78.9 Å². The van der Waals surface area contributed by atoms with Crippen molar-refractivity contribution >= 4 is 88.2 Å². The molecular formula is C84H109Cl2N11O30S. The number of primary amides is 1. The first-order chi connectivity index (χ1) is 60.4. The van der Waals surface area contributed by atoms with Crippen LogP contribution in [-0.2, 0) is 62.1 Å². The van der Waals surface area contributed by atoms with E-state index in [0.29, 0.717) is 5.92 Å². The minimum atomic E-state index is -2.35. The molecule has 0 radical (unpaired) electrons. The van der Waals surface area contributed by atoms with Crippen LogP contribution in [-0.4, -0.2) is 290 Å². The average molecular weight is 1860 g/mol. The number of benzene rings is 5. The molecule has 0 aromatic heterocycles. The molecule has 5 aromatic carbocycles. The number of rotatable bonds is 20. The predicted molar refractivity (Wildman–Crippen MR) is 453 cm³/mol. The molecule has 9 aliphatic rings. The molecule has 9 heterocycles. The number of nitrogens with one attached hydrogen (secondary N) is 8. The standard InChI is InChI=1S/C66H75Cl2N9O24.C18H34N2O6S/c1-23(2)12-34(71-5)58(88)76-49-51(83)26-7-10-38(32(67)14-26)97-40-16-28-17-41(55(40)101-65-56(54(86)53(85)42(22-78)99-65)100-44-21-66(4,70)57(87)24(3)96-44)98-39-11-8-27(15-33(39)68)52(84)50-63(93)75-48(64(94)95)31-18-29(79)19-37(81)45(31)30-13-25(6-9-36(30)80)46(60(90)77-50)74-61(91)47(28)73-59(89)35(20-43(69)82)72-62(49)92;1-5-6-10-7-11(20(3)8-10)17(25)19-12(9(2)21)16-14(23)13(22)15(24)18(26-16)27-4/h6-11,13-19,23-24,34-35,42,44,46-54,56-57,65,71,78-81,83-87H,12,20-22,70H2,1-5H3,(H2,69,82)(H,72,92)(H,73,89)(H,74,91)(H,75,93)(H,76,88)(H,77,90)(H,94,95);9-16,18,21-24H,5-8H2,1-4H3,(H,19,25)/t24-,34+,35-,42+,44-,46+,47+,48+,49+,50-,51+,52+,53+,54-,56+,57?,65-,66-;9-,10-,11+,12-,13+,14-,15-,16-,18-/m01/s1. The fraction of sp³-hybridized carbons (Fsp3) is 0.536. The third-order valence-corrected chi connectivity index (χ3v) is 24.9. The van der Waals surface area contributed by atoms with Gasteiger partial charge in [-0.1, -0.05) is 68.6 Å². The van der Waals surface area contributed by atoms with Gasteiger partial charge in [-0.25, -0.2) is 4.79 Å². The van der Waals surface area contributed by atoms with E-state index >= 15 is 14.4 Å². The predicted octanol–water partition coefficient (Wildman–Crippen LogP) is -0.751. The number of aliphatic hydroxyl groups excluding tert-OH is 10. The van der Waals surface area contributed by atoms with Gasteiger partial charge in [0, 0.05) is 41.3 Å². The number of carbonyl (C=O) groups excluding carboxylic acids is 8. The quantitative estimate of drug-likeness (QED) is 0.0456. The van der Waals surface area contributed by atoms with E-state index in [4.69, 9.17) is 67.8 Å². The van der Waals surface area contributed by atoms with E-state index < -0.39 is 279 Å². The summed E-state index contributed by atoms with van der Waals surface area (Å²) in [5.74, 6) is -15.7. The van der Waals surface area contributed by atoms with E-state index in [-0.39, 0.29) is 58.2 Å². The highest BCUT2D eigenvalue weighted by atomic mass is 35.5. The molecule has 4 fully saturated rings. The highest BCUT2D eigenvalue weighted by molar-refractivity contribution is 7.99. The maximum absolute atomic E-state index is 16.0. The summed E-state index contributed by atoms with van der Waals surface area (Å²) in [6, 6.07) is -1.87. The van der Waals surface area contributed by atoms with Gasteiger partial charge >= 0.3 is 5.97 Å². The SMILES string of the molecule is CCC[C@@H]1C[C@@H](C(=O)N[C@@H]([C@H]2O[C@H](SC)[C@H](O)[C@@H](O)[C@H]2O)[C@@H](C)O)N(C)C1.CN[C@H](CC(C)C)C(=O)N[C@H]1C(=O)N[C@@H](CC(N)=O)C(=O)N[C@H]2C(=O)N[C@H]3C(=O)N[C@H](C(=O)N[C@@H](C(=O)O)c4cc(O)cc(O)c4-c4cc3ccc4O)[C@H](O)c3ccc(c(Cl)c3)Oc3cc2cc(c3O[C@@H]2O[C@H](CO)[C@@H](O)[C@H](O)[C@H]2O[C@H]2C[C@](C)(N)C(O)[C@H](C)O2)Oc2ccc(cc2Cl)[C@H]1O. The van der Waals surface area contributed by atoms with Gasteiger partial charge in [0.25, 0.3) is 0 Å². The van der Waals surface area contributed by atoms with Crippen molar-refractivity contribution < 1.29 is 148 Å². The molecule has 0 saturated carbocycles. The highest BCUT2D eigenvalue weighted by Crippen LogP contribution is 2.50. The lowest BCUT2D eigenvalue weighted by Crippen LogP contribution is -2.65. The Hall–Kier alpha value is -9.62. The van der Waals surface area contributed by atoms with Crippen LogP contribution in [0.3, 0.4) is 0 Å². The smallest absolute Gasteiger partial charge is 0.330 e. The van der Waals surface area contributed by atoms with Crippen molar-refractivity contribution in [3.63, 3.8) is 0 Å². The second kappa shape index (κ2) is 41.6. The minimum Gasteiger partial charge on any atom is -0.508 e. The monoisotopic (exact) mass is 1850 g/mol. The molecule has 8 amide bonds. The zero-order chi connectivity index (χ0) is 93.8. The fourth-order valence-electron chi connectivity index (χ4n) is 16.6. The molecule has 4 saturated heterocycles. The van der Waals surface area contributed by atoms with Crippen LogP contribution in [0.1, 0.15) is 138 Å². The number of hydrogen-bond donors (Lipinski definition) is 24. The number of likely N-dealkylation sites (N-methyl/N-ethyl adjacent to an activating group) is 2. The first-order valence-corrected chi connectivity index (χ1v) is 43.3. The lowest BCUT2D eigenvalue weighted by Gasteiger charge is -2.47. The fourth-order valence-corrected chi connectivity index (χ4v) is 17.8. The Labute approximate surface area is 747 Å². The number of carbonyl (C=O) groups is 9. The number of phenols is 3. The van der Waals surface area contributed by atoms with Crippen molar-refractivity contribution in [3.8, 4) is 57.1 Å². The second-order valence-electron chi connectivity index (χ2n) is 33.5. The van der Waals surface area contributed by atoms with Crippen molar-refractivity contribution in [2.45, 2.75) is 237 Å². The molecule has 9 aliphatic heterocycles. The summed E-state index contributed by atoms with van der Waals surface area (Å²) in [7, 11) is 3.38. The van der Waals surface area contributed by atoms with Crippen LogP contribution in [0.25, 0.3) is 11.1 Å². The Morgan fingerprint density at radius 2 is 1.34 bits per heavy atom. The van der Waals surface area contributed by atoms with E-state index in [9.17, 15) is 100 Å². The summed E-state index contributed by atoms with van der Waals surface area (Å²) >= 11 is 15.3. The van der Waals surface area contributed by atoms with Crippen LogP contribution < -0.4 is 68.2 Å². The van der Waals surface area contributed by atoms with E-state index in [0.717, 1.165) is 92.5 Å². The van der Waals surface area contributed by atoms with E-state index in [1.165, 1.54) is 51.7 Å². The molecule has 44 heteroatoms. The van der Waals surface area contributed by atoms with Crippen molar-refractivity contribution in [2.75, 3.05) is 33.5 Å². The third kappa shape index (κ3) is 22.0. The first kappa shape index (κ1) is 99.0. The molecule has 128 heavy (non-hydrogen) atoms. The Kier molecular flexibility index (Phi) is 32.2. The van der Waals surface area contributed by atoms with Gasteiger partial charge in [-0.05, 0) is 149 Å². The summed E-state index contributed by atoms with van der Waals surface area (Å²) in [4.78, 5) is 132.